The van der Waals surface area contributed by atoms with E-state index in [0.717, 1.165) is 11.1 Å². The number of aliphatic hydroxyl groups is 1. The second kappa shape index (κ2) is 13.4. The van der Waals surface area contributed by atoms with Crippen molar-refractivity contribution in [3.8, 4) is 11.5 Å². The summed E-state index contributed by atoms with van der Waals surface area (Å²) in [4.78, 5) is 24.2. The molecule has 0 fully saturated rings. The molecule has 264 valence electrons. The van der Waals surface area contributed by atoms with Gasteiger partial charge < -0.3 is 15.2 Å². The van der Waals surface area contributed by atoms with Gasteiger partial charge in [-0.1, -0.05) is 51.5 Å². The minimum atomic E-state index is -3.59. The van der Waals surface area contributed by atoms with Crippen LogP contribution in [-0.2, 0) is 39.9 Å². The van der Waals surface area contributed by atoms with Gasteiger partial charge in [0.05, 0.1) is 22.8 Å². The van der Waals surface area contributed by atoms with Crippen molar-refractivity contribution < 1.29 is 27.8 Å². The van der Waals surface area contributed by atoms with Crippen LogP contribution in [0.3, 0.4) is 0 Å². The highest BCUT2D eigenvalue weighted by molar-refractivity contribution is 7.91. The number of aromatic amines is 1. The number of nitrogens with zero attached hydrogens (tertiary/aromatic N) is 4. The number of pyridine rings is 1. The Morgan fingerprint density at radius 2 is 1.92 bits per heavy atom. The molecule has 1 unspecified atom stereocenters. The Labute approximate surface area is 291 Å². The van der Waals surface area contributed by atoms with Crippen molar-refractivity contribution in [1.82, 2.24) is 24.7 Å². The van der Waals surface area contributed by atoms with Crippen LogP contribution in [0.2, 0.25) is 0 Å². The number of aliphatic hydroxyl groups excluding tert-OH is 1. The van der Waals surface area contributed by atoms with Gasteiger partial charge in [0.15, 0.2) is 21.5 Å². The number of aromatic nitrogens is 5. The first-order valence-corrected chi connectivity index (χ1v) is 18.8. The topological polar surface area (TPSA) is 151 Å². The van der Waals surface area contributed by atoms with Crippen molar-refractivity contribution in [3.63, 3.8) is 0 Å². The summed E-state index contributed by atoms with van der Waals surface area (Å²) in [5.74, 6) is -1.32. The number of hydrogen-bond donors (Lipinski definition) is 3. The number of halogens is 1. The lowest BCUT2D eigenvalue weighted by Gasteiger charge is -2.31. The van der Waals surface area contributed by atoms with E-state index in [-0.39, 0.29) is 23.5 Å². The van der Waals surface area contributed by atoms with Gasteiger partial charge in [-0.05, 0) is 84.5 Å². The van der Waals surface area contributed by atoms with Gasteiger partial charge in [0.25, 0.3) is 0 Å². The maximum atomic E-state index is 15.9. The van der Waals surface area contributed by atoms with Crippen LogP contribution >= 0.6 is 0 Å². The van der Waals surface area contributed by atoms with Crippen LogP contribution in [0.4, 0.5) is 4.39 Å². The number of aryl methyl sites for hydroxylation is 2. The standard InChI is InChI=1S/C38H44FN5O5S/c1-23(35(46)47)18-24-8-6-9-26(19-24)38(4)14-7-13-37(2,3)22-50(48,49)17-12-28-27-11-16-40-30(27)21-29(39)32(28)33(45)25-10-15-41-31(20-25)34-42-36(38)43-44(34)5/h6,8-11,15-16,19-21,23,33,40,45H,7,12-14,17-18,22H2,1-5H3,(H,46,47)/t23-,33?,38+/m0/s1. The molecule has 0 amide bonds. The van der Waals surface area contributed by atoms with E-state index in [1.165, 1.54) is 12.3 Å². The Bertz CT molecular complexity index is 2180. The van der Waals surface area contributed by atoms with Crippen LogP contribution < -0.4 is 0 Å². The molecule has 50 heavy (non-hydrogen) atoms. The van der Waals surface area contributed by atoms with Crippen molar-refractivity contribution in [1.29, 1.82) is 0 Å². The summed E-state index contributed by atoms with van der Waals surface area (Å²) in [6, 6.07) is 14.2. The number of carbonyl (C=O) groups is 1. The molecular formula is C38H44FN5O5S. The first kappa shape index (κ1) is 35.4. The average Bonchev–Trinajstić information content (AvgIpc) is 3.69. The summed E-state index contributed by atoms with van der Waals surface area (Å²) < 4.78 is 44.9. The third-order valence-corrected chi connectivity index (χ3v) is 12.2. The van der Waals surface area contributed by atoms with Crippen molar-refractivity contribution in [2.24, 2.45) is 18.4 Å². The number of nitrogens with one attached hydrogen (secondary N) is 1. The van der Waals surface area contributed by atoms with E-state index in [1.807, 2.05) is 38.1 Å². The van der Waals surface area contributed by atoms with E-state index in [9.17, 15) is 23.4 Å². The zero-order valence-electron chi connectivity index (χ0n) is 29.1. The van der Waals surface area contributed by atoms with E-state index in [1.54, 1.807) is 43.0 Å². The number of H-pyrrole nitrogens is 1. The van der Waals surface area contributed by atoms with Crippen molar-refractivity contribution >= 4 is 26.7 Å². The summed E-state index contributed by atoms with van der Waals surface area (Å²) in [7, 11) is -1.82. The molecule has 1 aliphatic heterocycles. The molecule has 2 aromatic carbocycles. The number of sulfone groups is 1. The third-order valence-electron chi connectivity index (χ3n) is 10.1. The number of carboxylic acid groups (broad SMARTS) is 1. The fourth-order valence-corrected chi connectivity index (χ4v) is 9.35. The van der Waals surface area contributed by atoms with Crippen LogP contribution in [-0.4, -0.2) is 60.8 Å². The maximum absolute atomic E-state index is 15.9. The Balaban J connectivity index is 1.50. The first-order chi connectivity index (χ1) is 23.6. The number of rotatable bonds is 4. The molecule has 12 heteroatoms. The molecule has 5 aromatic rings. The molecule has 3 N–H and O–H groups in total. The maximum Gasteiger partial charge on any atom is 0.306 e. The van der Waals surface area contributed by atoms with Crippen molar-refractivity contribution in [2.45, 2.75) is 71.3 Å². The Kier molecular flexibility index (Phi) is 9.47. The predicted molar refractivity (Wildman–Crippen MR) is 190 cm³/mol. The van der Waals surface area contributed by atoms with E-state index in [4.69, 9.17) is 10.1 Å². The van der Waals surface area contributed by atoms with Gasteiger partial charge in [0.1, 0.15) is 17.6 Å². The summed E-state index contributed by atoms with van der Waals surface area (Å²) >= 11 is 0. The third kappa shape index (κ3) is 7.09. The molecule has 1 aliphatic rings. The molecule has 0 radical (unpaired) electrons. The predicted octanol–water partition coefficient (Wildman–Crippen LogP) is 6.32. The summed E-state index contributed by atoms with van der Waals surface area (Å²) in [5, 5.41) is 26.8. The lowest BCUT2D eigenvalue weighted by Crippen LogP contribution is -2.29. The van der Waals surface area contributed by atoms with Crippen molar-refractivity contribution in [2.75, 3.05) is 11.5 Å². The lowest BCUT2D eigenvalue weighted by molar-refractivity contribution is -0.141. The Morgan fingerprint density at radius 3 is 2.68 bits per heavy atom. The summed E-state index contributed by atoms with van der Waals surface area (Å²) in [6.45, 7) is 7.64. The highest BCUT2D eigenvalue weighted by atomic mass is 32.2. The highest BCUT2D eigenvalue weighted by Gasteiger charge is 2.36. The molecule has 3 atom stereocenters. The molecule has 0 saturated carbocycles. The smallest absolute Gasteiger partial charge is 0.306 e. The molecule has 4 bridgehead atoms. The SMILES string of the molecule is C[C@@H](Cc1cccc([C@@]2(C)CCCC(C)(C)CS(=O)(=O)CCc3c(c(F)cc4[nH]ccc34)C(O)c3ccnc(c3)-c3nc2nn3C)c1)C(=O)O. The zero-order chi connectivity index (χ0) is 36.0. The molecule has 0 saturated heterocycles. The molecule has 4 heterocycles. The van der Waals surface area contributed by atoms with E-state index < -0.39 is 44.5 Å². The minimum Gasteiger partial charge on any atom is -0.481 e. The van der Waals surface area contributed by atoms with Gasteiger partial charge in [-0.25, -0.2) is 22.5 Å². The van der Waals surface area contributed by atoms with Gasteiger partial charge in [-0.3, -0.25) is 9.78 Å². The lowest BCUT2D eigenvalue weighted by atomic mass is 9.75. The van der Waals surface area contributed by atoms with Gasteiger partial charge in [0, 0.05) is 35.9 Å². The monoisotopic (exact) mass is 701 g/mol. The van der Waals surface area contributed by atoms with Crippen LogP contribution in [0, 0.1) is 17.2 Å². The Hall–Kier alpha value is -4.42. The van der Waals surface area contributed by atoms with E-state index >= 15 is 4.39 Å². The average molecular weight is 702 g/mol. The molecular weight excluding hydrogens is 658 g/mol. The second-order valence-electron chi connectivity index (χ2n) is 14.8. The molecule has 3 aromatic heterocycles. The van der Waals surface area contributed by atoms with Gasteiger partial charge in [-0.2, -0.15) is 5.10 Å². The largest absolute Gasteiger partial charge is 0.481 e. The zero-order valence-corrected chi connectivity index (χ0v) is 29.9. The van der Waals surface area contributed by atoms with E-state index in [2.05, 4.69) is 16.9 Å². The number of fused-ring (bicyclic) bond motifs is 8. The van der Waals surface area contributed by atoms with Crippen LogP contribution in [0.15, 0.2) is 60.9 Å². The van der Waals surface area contributed by atoms with Gasteiger partial charge >= 0.3 is 5.97 Å². The van der Waals surface area contributed by atoms with Crippen LogP contribution in [0.5, 0.6) is 0 Å². The minimum absolute atomic E-state index is 0.0353. The normalized spacial score (nSPS) is 21.5. The fraction of sp³-hybridized carbons (Fsp3) is 0.421. The number of aliphatic carboxylic acids is 1. The molecule has 0 spiro atoms. The first-order valence-electron chi connectivity index (χ1n) is 16.9. The fourth-order valence-electron chi connectivity index (χ4n) is 7.36. The van der Waals surface area contributed by atoms with Gasteiger partial charge in [0.2, 0.25) is 0 Å². The van der Waals surface area contributed by atoms with Crippen LogP contribution in [0.1, 0.15) is 86.7 Å². The molecule has 6 rings (SSSR count). The highest BCUT2D eigenvalue weighted by Crippen LogP contribution is 2.40. The number of hydrogen-bond acceptors (Lipinski definition) is 7. The summed E-state index contributed by atoms with van der Waals surface area (Å²) in [5.41, 5.74) is 2.34. The summed E-state index contributed by atoms with van der Waals surface area (Å²) in [6.07, 6.45) is 4.08. The quantitative estimate of drug-likeness (QED) is 0.197. The number of carboxylic acids is 1. The van der Waals surface area contributed by atoms with Crippen LogP contribution in [0.25, 0.3) is 22.4 Å². The number of benzene rings is 2. The van der Waals surface area contributed by atoms with E-state index in [0.29, 0.717) is 65.1 Å². The molecule has 0 aliphatic carbocycles. The van der Waals surface area contributed by atoms with Gasteiger partial charge in [-0.15, -0.1) is 0 Å². The Morgan fingerprint density at radius 1 is 1.14 bits per heavy atom. The van der Waals surface area contributed by atoms with Crippen molar-refractivity contribution in [3.05, 3.63) is 100 Å². The second-order valence-corrected chi connectivity index (χ2v) is 17.0. The molecule has 10 nitrogen and oxygen atoms in total.